The van der Waals surface area contributed by atoms with E-state index in [-0.39, 0.29) is 11.0 Å². The number of sulfone groups is 1. The second-order valence-electron chi connectivity index (χ2n) is 4.11. The molecule has 0 aromatic carbocycles. The molecule has 0 radical (unpaired) electrons. The predicted octanol–water partition coefficient (Wildman–Crippen LogP) is 1.42. The fourth-order valence-corrected chi connectivity index (χ4v) is 2.38. The summed E-state index contributed by atoms with van der Waals surface area (Å²) in [5.41, 5.74) is 6.57. The maximum Gasteiger partial charge on any atom is 0.152 e. The lowest BCUT2D eigenvalue weighted by Gasteiger charge is -2.07. The molecule has 16 heavy (non-hydrogen) atoms. The summed E-state index contributed by atoms with van der Waals surface area (Å²) in [6, 6.07) is 3.64. The summed E-state index contributed by atoms with van der Waals surface area (Å²) in [6.07, 6.45) is 2.99. The Hall–Kier alpha value is -1.10. The number of aromatic nitrogens is 1. The first kappa shape index (κ1) is 13.0. The summed E-state index contributed by atoms with van der Waals surface area (Å²) in [5.74, 6) is 0.705. The van der Waals surface area contributed by atoms with Gasteiger partial charge in [0.05, 0.1) is 11.0 Å². The Balaban J connectivity index is 2.48. The zero-order valence-electron chi connectivity index (χ0n) is 9.68. The molecule has 0 spiro atoms. The molecule has 0 saturated carbocycles. The summed E-state index contributed by atoms with van der Waals surface area (Å²) in [6.45, 7) is 3.42. The topological polar surface area (TPSA) is 73.0 Å². The van der Waals surface area contributed by atoms with Crippen LogP contribution in [0.4, 0.5) is 5.82 Å². The molecule has 1 aromatic heterocycles. The number of pyridine rings is 1. The number of rotatable bonds is 5. The van der Waals surface area contributed by atoms with E-state index in [0.717, 1.165) is 12.0 Å². The van der Waals surface area contributed by atoms with Crippen molar-refractivity contribution in [1.29, 1.82) is 0 Å². The SMILES string of the molecule is CC(C)S(=O)(=O)CCCc1ccnc(N)c1. The van der Waals surface area contributed by atoms with Crippen molar-refractivity contribution >= 4 is 15.7 Å². The first-order valence-electron chi connectivity index (χ1n) is 5.34. The number of hydrogen-bond donors (Lipinski definition) is 1. The van der Waals surface area contributed by atoms with E-state index < -0.39 is 9.84 Å². The normalized spacial score (nSPS) is 11.9. The maximum atomic E-state index is 11.6. The van der Waals surface area contributed by atoms with E-state index in [1.54, 1.807) is 26.1 Å². The zero-order chi connectivity index (χ0) is 12.2. The first-order valence-corrected chi connectivity index (χ1v) is 7.05. The summed E-state index contributed by atoms with van der Waals surface area (Å²) >= 11 is 0. The van der Waals surface area contributed by atoms with Crippen LogP contribution in [0, 0.1) is 0 Å². The van der Waals surface area contributed by atoms with E-state index in [1.165, 1.54) is 0 Å². The van der Waals surface area contributed by atoms with Gasteiger partial charge in [-0.15, -0.1) is 0 Å². The Labute approximate surface area is 96.8 Å². The first-order chi connectivity index (χ1) is 7.42. The molecule has 0 saturated heterocycles. The molecule has 1 aromatic rings. The van der Waals surface area contributed by atoms with Crippen molar-refractivity contribution in [1.82, 2.24) is 4.98 Å². The molecule has 0 aliphatic carbocycles. The average Bonchev–Trinajstić information content (AvgIpc) is 2.17. The minimum Gasteiger partial charge on any atom is -0.384 e. The third-order valence-corrected chi connectivity index (χ3v) is 4.75. The Morgan fingerprint density at radius 3 is 2.69 bits per heavy atom. The van der Waals surface area contributed by atoms with E-state index >= 15 is 0 Å². The lowest BCUT2D eigenvalue weighted by Crippen LogP contribution is -2.18. The number of nitrogens with two attached hydrogens (primary N) is 1. The number of anilines is 1. The third-order valence-electron chi connectivity index (χ3n) is 2.46. The van der Waals surface area contributed by atoms with E-state index in [2.05, 4.69) is 4.98 Å². The van der Waals surface area contributed by atoms with Crippen LogP contribution in [-0.4, -0.2) is 24.4 Å². The third kappa shape index (κ3) is 3.81. The molecule has 0 bridgehead atoms. The zero-order valence-corrected chi connectivity index (χ0v) is 10.5. The molecule has 0 atom stereocenters. The Morgan fingerprint density at radius 2 is 2.12 bits per heavy atom. The maximum absolute atomic E-state index is 11.6. The van der Waals surface area contributed by atoms with Crippen LogP contribution < -0.4 is 5.73 Å². The Bertz CT molecular complexity index is 441. The standard InChI is InChI=1S/C11H18N2O2S/c1-9(2)16(14,15)7-3-4-10-5-6-13-11(12)8-10/h5-6,8-9H,3-4,7H2,1-2H3,(H2,12,13). The van der Waals surface area contributed by atoms with Crippen LogP contribution in [0.2, 0.25) is 0 Å². The molecule has 2 N–H and O–H groups in total. The second-order valence-corrected chi connectivity index (χ2v) is 6.79. The molecule has 0 unspecified atom stereocenters. The van der Waals surface area contributed by atoms with Crippen LogP contribution in [-0.2, 0) is 16.3 Å². The number of nitrogen functional groups attached to an aromatic ring is 1. The van der Waals surface area contributed by atoms with Gasteiger partial charge in [0, 0.05) is 6.20 Å². The molecule has 1 heterocycles. The van der Waals surface area contributed by atoms with E-state index in [4.69, 9.17) is 5.73 Å². The molecule has 4 nitrogen and oxygen atoms in total. The molecule has 90 valence electrons. The van der Waals surface area contributed by atoms with Crippen molar-refractivity contribution < 1.29 is 8.42 Å². The largest absolute Gasteiger partial charge is 0.384 e. The van der Waals surface area contributed by atoms with Crippen LogP contribution in [0.3, 0.4) is 0 Å². The highest BCUT2D eigenvalue weighted by Crippen LogP contribution is 2.09. The van der Waals surface area contributed by atoms with Gasteiger partial charge in [-0.25, -0.2) is 13.4 Å². The van der Waals surface area contributed by atoms with Crippen molar-refractivity contribution in [2.24, 2.45) is 0 Å². The highest BCUT2D eigenvalue weighted by Gasteiger charge is 2.15. The highest BCUT2D eigenvalue weighted by molar-refractivity contribution is 7.91. The number of hydrogen-bond acceptors (Lipinski definition) is 4. The van der Waals surface area contributed by atoms with Crippen LogP contribution in [0.1, 0.15) is 25.8 Å². The minimum atomic E-state index is -2.93. The molecular formula is C11H18N2O2S. The van der Waals surface area contributed by atoms with Crippen molar-refractivity contribution in [3.8, 4) is 0 Å². The van der Waals surface area contributed by atoms with Gasteiger partial charge in [-0.1, -0.05) is 0 Å². The summed E-state index contributed by atoms with van der Waals surface area (Å²) in [7, 11) is -2.93. The smallest absolute Gasteiger partial charge is 0.152 e. The Morgan fingerprint density at radius 1 is 1.44 bits per heavy atom. The molecule has 0 aliphatic rings. The predicted molar refractivity (Wildman–Crippen MR) is 65.9 cm³/mol. The van der Waals surface area contributed by atoms with Gasteiger partial charge in [-0.05, 0) is 44.4 Å². The van der Waals surface area contributed by atoms with Gasteiger partial charge in [0.1, 0.15) is 5.82 Å². The van der Waals surface area contributed by atoms with Gasteiger partial charge >= 0.3 is 0 Å². The molecule has 0 fully saturated rings. The van der Waals surface area contributed by atoms with Crippen molar-refractivity contribution in [2.75, 3.05) is 11.5 Å². The van der Waals surface area contributed by atoms with Crippen LogP contribution in [0.25, 0.3) is 0 Å². The summed E-state index contributed by atoms with van der Waals surface area (Å²) < 4.78 is 23.1. The summed E-state index contributed by atoms with van der Waals surface area (Å²) in [5, 5.41) is -0.296. The van der Waals surface area contributed by atoms with Crippen molar-refractivity contribution in [3.63, 3.8) is 0 Å². The van der Waals surface area contributed by atoms with Crippen LogP contribution in [0.5, 0.6) is 0 Å². The molecule has 0 amide bonds. The van der Waals surface area contributed by atoms with Crippen LogP contribution >= 0.6 is 0 Å². The fourth-order valence-electron chi connectivity index (χ4n) is 1.36. The van der Waals surface area contributed by atoms with Gasteiger partial charge in [0.2, 0.25) is 0 Å². The second kappa shape index (κ2) is 5.30. The lowest BCUT2D eigenvalue weighted by atomic mass is 10.1. The van der Waals surface area contributed by atoms with Gasteiger partial charge in [-0.2, -0.15) is 0 Å². The Kier molecular flexibility index (Phi) is 4.29. The van der Waals surface area contributed by atoms with Gasteiger partial charge in [0.25, 0.3) is 0 Å². The summed E-state index contributed by atoms with van der Waals surface area (Å²) in [4.78, 5) is 3.88. The molecule has 0 aliphatic heterocycles. The quantitative estimate of drug-likeness (QED) is 0.847. The van der Waals surface area contributed by atoms with Crippen molar-refractivity contribution in [2.45, 2.75) is 31.9 Å². The monoisotopic (exact) mass is 242 g/mol. The lowest BCUT2D eigenvalue weighted by molar-refractivity contribution is 0.584. The molecule has 5 heteroatoms. The fraction of sp³-hybridized carbons (Fsp3) is 0.545. The van der Waals surface area contributed by atoms with Crippen LogP contribution in [0.15, 0.2) is 18.3 Å². The number of aryl methyl sites for hydroxylation is 1. The van der Waals surface area contributed by atoms with Gasteiger partial charge in [-0.3, -0.25) is 0 Å². The molecular weight excluding hydrogens is 224 g/mol. The van der Waals surface area contributed by atoms with E-state index in [1.807, 2.05) is 6.07 Å². The minimum absolute atomic E-state index is 0.229. The average molecular weight is 242 g/mol. The van der Waals surface area contributed by atoms with Gasteiger partial charge in [0.15, 0.2) is 9.84 Å². The van der Waals surface area contributed by atoms with E-state index in [9.17, 15) is 8.42 Å². The van der Waals surface area contributed by atoms with Crippen molar-refractivity contribution in [3.05, 3.63) is 23.9 Å². The number of nitrogens with zero attached hydrogens (tertiary/aromatic N) is 1. The molecule has 1 rings (SSSR count). The highest BCUT2D eigenvalue weighted by atomic mass is 32.2. The van der Waals surface area contributed by atoms with Gasteiger partial charge < -0.3 is 5.73 Å². The van der Waals surface area contributed by atoms with E-state index in [0.29, 0.717) is 12.2 Å².